The summed E-state index contributed by atoms with van der Waals surface area (Å²) in [5.41, 5.74) is 2.06. The Morgan fingerprint density at radius 2 is 2.05 bits per heavy atom. The first-order valence-corrected chi connectivity index (χ1v) is 6.95. The predicted molar refractivity (Wildman–Crippen MR) is 78.7 cm³/mol. The van der Waals surface area contributed by atoms with Crippen molar-refractivity contribution in [1.29, 1.82) is 0 Å². The minimum absolute atomic E-state index is 0.230. The molecule has 0 saturated carbocycles. The Bertz CT molecular complexity index is 792. The topological polar surface area (TPSA) is 50.8 Å². The number of nitrogens with zero attached hydrogens (tertiary/aromatic N) is 2. The van der Waals surface area contributed by atoms with Crippen LogP contribution in [0.15, 0.2) is 35.2 Å². The van der Waals surface area contributed by atoms with Crippen LogP contribution in [0.3, 0.4) is 0 Å². The molecule has 8 heteroatoms. The van der Waals surface area contributed by atoms with Crippen molar-refractivity contribution in [3.63, 3.8) is 0 Å². The van der Waals surface area contributed by atoms with E-state index < -0.39 is 6.61 Å². The third-order valence-electron chi connectivity index (χ3n) is 2.85. The number of aromatic nitrogens is 3. The van der Waals surface area contributed by atoms with E-state index in [1.165, 1.54) is 6.20 Å². The Morgan fingerprint density at radius 3 is 2.71 bits per heavy atom. The third kappa shape index (κ3) is 2.71. The van der Waals surface area contributed by atoms with Gasteiger partial charge in [0.1, 0.15) is 0 Å². The van der Waals surface area contributed by atoms with Crippen LogP contribution in [0.25, 0.3) is 22.2 Å². The molecule has 0 unspecified atom stereocenters. The molecule has 108 valence electrons. The Morgan fingerprint density at radius 1 is 1.24 bits per heavy atom. The van der Waals surface area contributed by atoms with Crippen LogP contribution < -0.4 is 4.74 Å². The van der Waals surface area contributed by atoms with Gasteiger partial charge in [-0.25, -0.2) is 9.97 Å². The number of ether oxygens (including phenoxy) is 1. The summed E-state index contributed by atoms with van der Waals surface area (Å²) in [4.78, 5) is 11.0. The Labute approximate surface area is 131 Å². The van der Waals surface area contributed by atoms with Gasteiger partial charge in [0, 0.05) is 21.6 Å². The maximum Gasteiger partial charge on any atom is 0.388 e. The zero-order chi connectivity index (χ0) is 15.0. The maximum atomic E-state index is 12.1. The van der Waals surface area contributed by atoms with Gasteiger partial charge in [0.15, 0.2) is 0 Å². The van der Waals surface area contributed by atoms with E-state index in [0.717, 1.165) is 27.1 Å². The molecule has 3 aromatic rings. The van der Waals surface area contributed by atoms with E-state index in [1.807, 2.05) is 0 Å². The van der Waals surface area contributed by atoms with Gasteiger partial charge in [-0.3, -0.25) is 0 Å². The van der Waals surface area contributed by atoms with Crippen molar-refractivity contribution in [2.75, 3.05) is 0 Å². The summed E-state index contributed by atoms with van der Waals surface area (Å²) in [6.07, 6.45) is 4.30. The molecule has 0 atom stereocenters. The first kappa shape index (κ1) is 14.2. The molecule has 0 bridgehead atoms. The summed E-state index contributed by atoms with van der Waals surface area (Å²) in [7, 11) is 0. The molecule has 0 aliphatic rings. The molecule has 4 nitrogen and oxygen atoms in total. The fourth-order valence-electron chi connectivity index (χ4n) is 1.99. The van der Waals surface area contributed by atoms with E-state index in [4.69, 9.17) is 11.6 Å². The average Bonchev–Trinajstić information content (AvgIpc) is 2.83. The largest absolute Gasteiger partial charge is 0.415 e. The Kier molecular flexibility index (Phi) is 3.77. The number of rotatable bonds is 3. The zero-order valence-electron chi connectivity index (χ0n) is 10.3. The molecule has 0 saturated heterocycles. The lowest BCUT2D eigenvalue weighted by molar-refractivity contribution is -0.0530. The van der Waals surface area contributed by atoms with Crippen molar-refractivity contribution in [3.8, 4) is 17.1 Å². The van der Waals surface area contributed by atoms with Crippen LogP contribution in [0.2, 0.25) is 5.02 Å². The lowest BCUT2D eigenvalue weighted by Gasteiger charge is -2.06. The quantitative estimate of drug-likeness (QED) is 0.726. The first-order chi connectivity index (χ1) is 10.1. The van der Waals surface area contributed by atoms with Gasteiger partial charge in [-0.1, -0.05) is 17.7 Å². The summed E-state index contributed by atoms with van der Waals surface area (Å²) in [6, 6.07) is 3.52. The van der Waals surface area contributed by atoms with Gasteiger partial charge in [-0.2, -0.15) is 8.78 Å². The molecule has 0 aliphatic heterocycles. The van der Waals surface area contributed by atoms with Gasteiger partial charge in [0.05, 0.1) is 28.6 Å². The van der Waals surface area contributed by atoms with Crippen molar-refractivity contribution in [2.45, 2.75) is 6.61 Å². The fraction of sp³-hybridized carbons (Fsp3) is 0.0769. The van der Waals surface area contributed by atoms with Gasteiger partial charge in [-0.05, 0) is 22.0 Å². The molecule has 0 fully saturated rings. The lowest BCUT2D eigenvalue weighted by Crippen LogP contribution is -2.04. The normalized spacial score (nSPS) is 11.3. The highest BCUT2D eigenvalue weighted by molar-refractivity contribution is 9.10. The zero-order valence-corrected chi connectivity index (χ0v) is 12.6. The molecule has 2 heterocycles. The number of alkyl halides is 2. The van der Waals surface area contributed by atoms with E-state index in [0.29, 0.717) is 10.7 Å². The molecule has 21 heavy (non-hydrogen) atoms. The molecule has 2 aromatic heterocycles. The highest BCUT2D eigenvalue weighted by Gasteiger charge is 2.13. The number of hydrogen-bond acceptors (Lipinski definition) is 3. The van der Waals surface area contributed by atoms with Crippen LogP contribution in [-0.4, -0.2) is 21.6 Å². The highest BCUT2D eigenvalue weighted by atomic mass is 79.9. The number of aromatic amines is 1. The van der Waals surface area contributed by atoms with Crippen LogP contribution in [0.4, 0.5) is 8.78 Å². The van der Waals surface area contributed by atoms with Crippen molar-refractivity contribution >= 4 is 38.4 Å². The van der Waals surface area contributed by atoms with E-state index in [2.05, 4.69) is 35.6 Å². The van der Waals surface area contributed by atoms with Gasteiger partial charge < -0.3 is 9.72 Å². The Balaban J connectivity index is 2.08. The molecule has 3 rings (SSSR count). The second-order valence-electron chi connectivity index (χ2n) is 4.10. The lowest BCUT2D eigenvalue weighted by atomic mass is 10.1. The predicted octanol–water partition coefficient (Wildman–Crippen LogP) is 4.64. The fourth-order valence-corrected chi connectivity index (χ4v) is 2.73. The number of fused-ring (bicyclic) bond motifs is 1. The van der Waals surface area contributed by atoms with Crippen molar-refractivity contribution in [3.05, 3.63) is 40.2 Å². The maximum absolute atomic E-state index is 12.1. The molecule has 0 spiro atoms. The van der Waals surface area contributed by atoms with Gasteiger partial charge >= 0.3 is 6.61 Å². The second-order valence-corrected chi connectivity index (χ2v) is 5.36. The summed E-state index contributed by atoms with van der Waals surface area (Å²) >= 11 is 9.56. The monoisotopic (exact) mass is 373 g/mol. The van der Waals surface area contributed by atoms with Gasteiger partial charge in [0.2, 0.25) is 5.88 Å². The highest BCUT2D eigenvalue weighted by Crippen LogP contribution is 2.36. The summed E-state index contributed by atoms with van der Waals surface area (Å²) in [5, 5.41) is 1.42. The smallest absolute Gasteiger partial charge is 0.388 e. The van der Waals surface area contributed by atoms with Crippen LogP contribution in [0, 0.1) is 0 Å². The number of hydrogen-bond donors (Lipinski definition) is 1. The molecule has 0 aliphatic carbocycles. The number of H-pyrrole nitrogens is 1. The standard InChI is InChI=1S/C13H7BrClF2N3O/c14-7-3-20-12-8(15)2-1-6(11(7)12)9-4-19-10(5-18-9)21-13(16)17/h1-5,13,20H. The SMILES string of the molecule is FC(F)Oc1cnc(-c2ccc(Cl)c3[nH]cc(Br)c23)cn1. The molecule has 0 radical (unpaired) electrons. The van der Waals surface area contributed by atoms with Gasteiger partial charge in [-0.15, -0.1) is 0 Å². The van der Waals surface area contributed by atoms with Crippen LogP contribution in [-0.2, 0) is 0 Å². The minimum atomic E-state index is -2.92. The molecule has 0 amide bonds. The van der Waals surface area contributed by atoms with E-state index in [-0.39, 0.29) is 5.88 Å². The third-order valence-corrected chi connectivity index (χ3v) is 3.79. The number of benzene rings is 1. The summed E-state index contributed by atoms with van der Waals surface area (Å²) in [5.74, 6) is -0.230. The minimum Gasteiger partial charge on any atom is -0.415 e. The Hall–Kier alpha value is -1.73. The molecular formula is C13H7BrClF2N3O. The van der Waals surface area contributed by atoms with Crippen LogP contribution >= 0.6 is 27.5 Å². The summed E-state index contributed by atoms with van der Waals surface area (Å²) < 4.78 is 29.2. The van der Waals surface area contributed by atoms with Crippen LogP contribution in [0.1, 0.15) is 0 Å². The van der Waals surface area contributed by atoms with E-state index >= 15 is 0 Å². The molecule has 1 aromatic carbocycles. The van der Waals surface area contributed by atoms with Gasteiger partial charge in [0.25, 0.3) is 0 Å². The van der Waals surface area contributed by atoms with Crippen molar-refractivity contribution in [2.24, 2.45) is 0 Å². The number of halogens is 4. The number of nitrogens with one attached hydrogen (secondary N) is 1. The second kappa shape index (κ2) is 5.57. The molecular weight excluding hydrogens is 368 g/mol. The van der Waals surface area contributed by atoms with E-state index in [9.17, 15) is 8.78 Å². The van der Waals surface area contributed by atoms with Crippen LogP contribution in [0.5, 0.6) is 5.88 Å². The average molecular weight is 375 g/mol. The molecule has 1 N–H and O–H groups in total. The van der Waals surface area contributed by atoms with E-state index in [1.54, 1.807) is 18.3 Å². The first-order valence-electron chi connectivity index (χ1n) is 5.78. The van der Waals surface area contributed by atoms with Crippen molar-refractivity contribution < 1.29 is 13.5 Å². The van der Waals surface area contributed by atoms with Crippen molar-refractivity contribution in [1.82, 2.24) is 15.0 Å². The summed E-state index contributed by atoms with van der Waals surface area (Å²) in [6.45, 7) is -2.92.